The Morgan fingerprint density at radius 3 is 2.43 bits per heavy atom. The summed E-state index contributed by atoms with van der Waals surface area (Å²) in [4.78, 5) is 27.4. The molecule has 1 saturated heterocycles. The second-order valence-corrected chi connectivity index (χ2v) is 8.72. The van der Waals surface area contributed by atoms with E-state index in [4.69, 9.17) is 9.84 Å². The molecule has 4 rings (SSSR count). The molecule has 0 saturated carbocycles. The first kappa shape index (κ1) is 24.3. The minimum absolute atomic E-state index is 0.0486. The van der Waals surface area contributed by atoms with Gasteiger partial charge in [-0.2, -0.15) is 5.10 Å². The number of piperidine rings is 1. The fourth-order valence-electron chi connectivity index (χ4n) is 4.46. The van der Waals surface area contributed by atoms with Crippen molar-refractivity contribution in [2.45, 2.75) is 39.7 Å². The normalized spacial score (nSPS) is 14.0. The van der Waals surface area contributed by atoms with E-state index in [0.717, 1.165) is 47.0 Å². The van der Waals surface area contributed by atoms with Gasteiger partial charge >= 0.3 is 0 Å². The van der Waals surface area contributed by atoms with Crippen LogP contribution in [0.25, 0.3) is 5.69 Å². The Morgan fingerprint density at radius 1 is 1.06 bits per heavy atom. The van der Waals surface area contributed by atoms with E-state index < -0.39 is 0 Å². The summed E-state index contributed by atoms with van der Waals surface area (Å²) in [6.07, 6.45) is 1.83. The highest BCUT2D eigenvalue weighted by atomic mass is 16.5. The van der Waals surface area contributed by atoms with Crippen molar-refractivity contribution in [2.75, 3.05) is 30.4 Å². The van der Waals surface area contributed by atoms with E-state index in [2.05, 4.69) is 15.5 Å². The molecule has 0 atom stereocenters. The maximum atomic E-state index is 12.9. The number of carbonyl (C=O) groups excluding carboxylic acids is 2. The SMILES string of the molecule is CCC(=O)Nc1c(C)nn(-c2ccccc2)c1N1CCC(C(=O)NCc2ccccc2OC)CC1. The molecule has 1 aliphatic heterocycles. The lowest BCUT2D eigenvalue weighted by atomic mass is 9.95. The van der Waals surface area contributed by atoms with E-state index in [1.807, 2.05) is 73.1 Å². The number of hydrogen-bond acceptors (Lipinski definition) is 5. The number of para-hydroxylation sites is 2. The van der Waals surface area contributed by atoms with Gasteiger partial charge in [0.05, 0.1) is 18.5 Å². The Hall–Kier alpha value is -3.81. The molecule has 3 aromatic rings. The van der Waals surface area contributed by atoms with Crippen LogP contribution in [0.3, 0.4) is 0 Å². The summed E-state index contributed by atoms with van der Waals surface area (Å²) < 4.78 is 7.28. The number of methoxy groups -OCH3 is 1. The minimum atomic E-state index is -0.0659. The van der Waals surface area contributed by atoms with Crippen molar-refractivity contribution in [2.24, 2.45) is 5.92 Å². The molecule has 0 bridgehead atoms. The molecule has 1 aliphatic rings. The summed E-state index contributed by atoms with van der Waals surface area (Å²) in [5.74, 6) is 1.58. The molecule has 184 valence electrons. The van der Waals surface area contributed by atoms with E-state index >= 15 is 0 Å². The minimum Gasteiger partial charge on any atom is -0.496 e. The maximum absolute atomic E-state index is 12.9. The first-order valence-electron chi connectivity index (χ1n) is 12.1. The number of amides is 2. The van der Waals surface area contributed by atoms with E-state index in [-0.39, 0.29) is 17.7 Å². The van der Waals surface area contributed by atoms with Crippen LogP contribution < -0.4 is 20.3 Å². The molecule has 8 heteroatoms. The Labute approximate surface area is 206 Å². The number of carbonyl (C=O) groups is 2. The molecular formula is C27H33N5O3. The van der Waals surface area contributed by atoms with E-state index in [0.29, 0.717) is 26.1 Å². The first-order chi connectivity index (χ1) is 17.0. The highest BCUT2D eigenvalue weighted by Gasteiger charge is 2.30. The number of aryl methyl sites for hydroxylation is 1. The summed E-state index contributed by atoms with van der Waals surface area (Å²) in [5, 5.41) is 10.9. The molecule has 2 N–H and O–H groups in total. The Kier molecular flexibility index (Phi) is 7.70. The van der Waals surface area contributed by atoms with Crippen LogP contribution in [0.1, 0.15) is 37.4 Å². The van der Waals surface area contributed by atoms with Gasteiger partial charge in [0.15, 0.2) is 5.82 Å². The van der Waals surface area contributed by atoms with E-state index in [1.54, 1.807) is 7.11 Å². The highest BCUT2D eigenvalue weighted by Crippen LogP contribution is 2.35. The number of hydrogen-bond donors (Lipinski definition) is 2. The zero-order valence-electron chi connectivity index (χ0n) is 20.6. The monoisotopic (exact) mass is 475 g/mol. The van der Waals surface area contributed by atoms with Crippen LogP contribution in [0.2, 0.25) is 0 Å². The Bertz CT molecular complexity index is 1170. The molecule has 0 unspecified atom stereocenters. The number of nitrogens with zero attached hydrogens (tertiary/aromatic N) is 3. The van der Waals surface area contributed by atoms with Gasteiger partial charge in [0.25, 0.3) is 0 Å². The average molecular weight is 476 g/mol. The number of ether oxygens (including phenoxy) is 1. The van der Waals surface area contributed by atoms with E-state index in [1.165, 1.54) is 0 Å². The van der Waals surface area contributed by atoms with Crippen molar-refractivity contribution >= 4 is 23.3 Å². The van der Waals surface area contributed by atoms with Crippen LogP contribution in [0, 0.1) is 12.8 Å². The number of nitrogens with one attached hydrogen (secondary N) is 2. The molecule has 2 heterocycles. The molecule has 0 spiro atoms. The van der Waals surface area contributed by atoms with Crippen molar-refractivity contribution in [3.63, 3.8) is 0 Å². The van der Waals surface area contributed by atoms with Gasteiger partial charge in [-0.3, -0.25) is 9.59 Å². The van der Waals surface area contributed by atoms with Crippen molar-refractivity contribution in [3.05, 3.63) is 65.9 Å². The fourth-order valence-corrected chi connectivity index (χ4v) is 4.46. The molecular weight excluding hydrogens is 442 g/mol. The average Bonchev–Trinajstić information content (AvgIpc) is 3.23. The summed E-state index contributed by atoms with van der Waals surface area (Å²) in [7, 11) is 1.63. The van der Waals surface area contributed by atoms with Gasteiger partial charge in [-0.25, -0.2) is 4.68 Å². The third kappa shape index (κ3) is 5.48. The molecule has 1 aromatic heterocycles. The van der Waals surface area contributed by atoms with Crippen molar-refractivity contribution in [1.29, 1.82) is 0 Å². The summed E-state index contributed by atoms with van der Waals surface area (Å²) >= 11 is 0. The maximum Gasteiger partial charge on any atom is 0.224 e. The zero-order chi connectivity index (χ0) is 24.8. The second-order valence-electron chi connectivity index (χ2n) is 8.72. The van der Waals surface area contributed by atoms with Crippen molar-refractivity contribution < 1.29 is 14.3 Å². The fraction of sp³-hybridized carbons (Fsp3) is 0.370. The predicted molar refractivity (Wildman–Crippen MR) is 137 cm³/mol. The Morgan fingerprint density at radius 2 is 1.74 bits per heavy atom. The Balaban J connectivity index is 1.48. The molecule has 1 fully saturated rings. The lowest BCUT2D eigenvalue weighted by Gasteiger charge is -2.33. The van der Waals surface area contributed by atoms with Gasteiger partial charge in [-0.05, 0) is 38.0 Å². The topological polar surface area (TPSA) is 88.5 Å². The standard InChI is InChI=1S/C27H33N5O3/c1-4-24(33)29-25-19(2)30-32(22-11-6-5-7-12-22)27(25)31-16-14-20(15-17-31)26(34)28-18-21-10-8-9-13-23(21)35-3/h5-13,20H,4,14-18H2,1-3H3,(H,28,34)(H,29,33). The van der Waals surface area contributed by atoms with Gasteiger partial charge in [0, 0.05) is 37.5 Å². The lowest BCUT2D eigenvalue weighted by Crippen LogP contribution is -2.41. The van der Waals surface area contributed by atoms with Crippen LogP contribution in [0.5, 0.6) is 5.75 Å². The van der Waals surface area contributed by atoms with Gasteiger partial charge in [0.2, 0.25) is 11.8 Å². The third-order valence-electron chi connectivity index (χ3n) is 6.43. The van der Waals surface area contributed by atoms with Gasteiger partial charge in [-0.1, -0.05) is 43.3 Å². The molecule has 0 aliphatic carbocycles. The van der Waals surface area contributed by atoms with Crippen molar-refractivity contribution in [1.82, 2.24) is 15.1 Å². The van der Waals surface area contributed by atoms with Gasteiger partial charge < -0.3 is 20.3 Å². The van der Waals surface area contributed by atoms with Gasteiger partial charge in [-0.15, -0.1) is 0 Å². The van der Waals surface area contributed by atoms with Crippen LogP contribution in [0.4, 0.5) is 11.5 Å². The molecule has 2 amide bonds. The van der Waals surface area contributed by atoms with Crippen LogP contribution in [-0.4, -0.2) is 41.8 Å². The van der Waals surface area contributed by atoms with Crippen LogP contribution >= 0.6 is 0 Å². The largest absolute Gasteiger partial charge is 0.496 e. The third-order valence-corrected chi connectivity index (χ3v) is 6.43. The summed E-state index contributed by atoms with van der Waals surface area (Å²) in [5.41, 5.74) is 3.39. The van der Waals surface area contributed by atoms with Crippen LogP contribution in [-0.2, 0) is 16.1 Å². The number of rotatable bonds is 8. The smallest absolute Gasteiger partial charge is 0.224 e. The zero-order valence-corrected chi connectivity index (χ0v) is 20.6. The molecule has 8 nitrogen and oxygen atoms in total. The lowest BCUT2D eigenvalue weighted by molar-refractivity contribution is -0.125. The highest BCUT2D eigenvalue weighted by molar-refractivity contribution is 5.94. The molecule has 0 radical (unpaired) electrons. The summed E-state index contributed by atoms with van der Waals surface area (Å²) in [6, 6.07) is 17.6. The molecule has 2 aromatic carbocycles. The number of benzene rings is 2. The summed E-state index contributed by atoms with van der Waals surface area (Å²) in [6.45, 7) is 5.57. The predicted octanol–water partition coefficient (Wildman–Crippen LogP) is 4.07. The van der Waals surface area contributed by atoms with E-state index in [9.17, 15) is 9.59 Å². The first-order valence-corrected chi connectivity index (χ1v) is 12.1. The quantitative estimate of drug-likeness (QED) is 0.513. The molecule has 35 heavy (non-hydrogen) atoms. The van der Waals surface area contributed by atoms with Crippen LogP contribution in [0.15, 0.2) is 54.6 Å². The second kappa shape index (κ2) is 11.1. The number of anilines is 2. The van der Waals surface area contributed by atoms with Gasteiger partial charge in [0.1, 0.15) is 11.4 Å². The van der Waals surface area contributed by atoms with Crippen molar-refractivity contribution in [3.8, 4) is 11.4 Å². The number of aromatic nitrogens is 2.